The fraction of sp³-hybridized carbons (Fsp3) is 0.368. The molecule has 5 heteroatoms. The molecule has 0 aliphatic carbocycles. The topological polar surface area (TPSA) is 46.6 Å². The van der Waals surface area contributed by atoms with Crippen LogP contribution in [0.4, 0.5) is 0 Å². The Hall–Kier alpha value is -2.14. The van der Waals surface area contributed by atoms with E-state index in [2.05, 4.69) is 0 Å². The van der Waals surface area contributed by atoms with Gasteiger partial charge in [-0.2, -0.15) is 0 Å². The summed E-state index contributed by atoms with van der Waals surface area (Å²) in [6.45, 7) is 5.32. The molecule has 1 fully saturated rings. The van der Waals surface area contributed by atoms with Gasteiger partial charge in [0.1, 0.15) is 0 Å². The maximum Gasteiger partial charge on any atom is 0.340 e. The average Bonchev–Trinajstić information content (AvgIpc) is 3.22. The van der Waals surface area contributed by atoms with Gasteiger partial charge >= 0.3 is 5.97 Å². The molecule has 0 N–H and O–H groups in total. The molecule has 0 spiro atoms. The quantitative estimate of drug-likeness (QED) is 0.791. The summed E-state index contributed by atoms with van der Waals surface area (Å²) in [5.74, 6) is -0.560. The molecule has 3 rings (SSSR count). The fourth-order valence-corrected chi connectivity index (χ4v) is 3.91. The fourth-order valence-electron chi connectivity index (χ4n) is 3.00. The molecule has 24 heavy (non-hydrogen) atoms. The Labute approximate surface area is 146 Å². The van der Waals surface area contributed by atoms with E-state index >= 15 is 0 Å². The first-order valence-corrected chi connectivity index (χ1v) is 8.99. The van der Waals surface area contributed by atoms with Crippen LogP contribution in [0.15, 0.2) is 36.4 Å². The lowest BCUT2D eigenvalue weighted by molar-refractivity contribution is -0.140. The number of carbonyl (C=O) groups excluding carboxylic acids is 2. The highest BCUT2D eigenvalue weighted by atomic mass is 32.1. The first-order chi connectivity index (χ1) is 11.6. The predicted molar refractivity (Wildman–Crippen MR) is 94.2 cm³/mol. The van der Waals surface area contributed by atoms with E-state index in [-0.39, 0.29) is 5.91 Å². The molecule has 126 valence electrons. The lowest BCUT2D eigenvalue weighted by Gasteiger charge is -2.23. The van der Waals surface area contributed by atoms with Crippen molar-refractivity contribution in [2.75, 3.05) is 13.1 Å². The third kappa shape index (κ3) is 3.51. The number of nitrogens with zero attached hydrogens (tertiary/aromatic N) is 1. The molecule has 0 radical (unpaired) electrons. The van der Waals surface area contributed by atoms with Gasteiger partial charge in [0, 0.05) is 28.4 Å². The van der Waals surface area contributed by atoms with Crippen LogP contribution in [0.25, 0.3) is 0 Å². The third-order valence-corrected chi connectivity index (χ3v) is 5.20. The van der Waals surface area contributed by atoms with Crippen LogP contribution >= 0.6 is 11.3 Å². The van der Waals surface area contributed by atoms with E-state index < -0.39 is 12.1 Å². The van der Waals surface area contributed by atoms with E-state index in [1.165, 1.54) is 0 Å². The Kier molecular flexibility index (Phi) is 5.00. The lowest BCUT2D eigenvalue weighted by atomic mass is 10.1. The van der Waals surface area contributed by atoms with E-state index in [1.807, 2.05) is 50.2 Å². The van der Waals surface area contributed by atoms with Crippen LogP contribution < -0.4 is 0 Å². The van der Waals surface area contributed by atoms with Gasteiger partial charge in [-0.15, -0.1) is 11.3 Å². The molecule has 0 unspecified atom stereocenters. The van der Waals surface area contributed by atoms with E-state index in [4.69, 9.17) is 4.74 Å². The number of hydrogen-bond acceptors (Lipinski definition) is 4. The highest BCUT2D eigenvalue weighted by molar-refractivity contribution is 7.12. The second-order valence-electron chi connectivity index (χ2n) is 6.06. The number of benzene rings is 1. The SMILES string of the molecule is Cc1cc(C(=O)O[C@@H](C(=O)N2CCCC2)c2ccccc2)c(C)s1. The van der Waals surface area contributed by atoms with Gasteiger partial charge in [0.2, 0.25) is 6.10 Å². The zero-order chi connectivity index (χ0) is 17.1. The van der Waals surface area contributed by atoms with Crippen LogP contribution in [-0.4, -0.2) is 29.9 Å². The minimum absolute atomic E-state index is 0.128. The number of rotatable bonds is 4. The number of thiophene rings is 1. The summed E-state index contributed by atoms with van der Waals surface area (Å²) in [5.41, 5.74) is 1.26. The van der Waals surface area contributed by atoms with Crippen molar-refractivity contribution in [3.63, 3.8) is 0 Å². The minimum atomic E-state index is -0.878. The van der Waals surface area contributed by atoms with Crippen molar-refractivity contribution in [3.05, 3.63) is 57.3 Å². The first-order valence-electron chi connectivity index (χ1n) is 8.18. The number of esters is 1. The van der Waals surface area contributed by atoms with Gasteiger partial charge in [0.05, 0.1) is 5.56 Å². The number of carbonyl (C=O) groups is 2. The smallest absolute Gasteiger partial charge is 0.340 e. The Morgan fingerprint density at radius 1 is 1.12 bits per heavy atom. The molecule has 4 nitrogen and oxygen atoms in total. The van der Waals surface area contributed by atoms with Crippen molar-refractivity contribution in [1.82, 2.24) is 4.90 Å². The molecule has 1 aliphatic rings. The molecule has 1 atom stereocenters. The van der Waals surface area contributed by atoms with Crippen molar-refractivity contribution in [1.29, 1.82) is 0 Å². The maximum absolute atomic E-state index is 12.9. The largest absolute Gasteiger partial charge is 0.444 e. The molecule has 1 amide bonds. The lowest BCUT2D eigenvalue weighted by Crippen LogP contribution is -2.34. The molecular formula is C19H21NO3S. The monoisotopic (exact) mass is 343 g/mol. The van der Waals surface area contributed by atoms with Gasteiger partial charge in [-0.1, -0.05) is 30.3 Å². The Morgan fingerprint density at radius 2 is 1.79 bits per heavy atom. The van der Waals surface area contributed by atoms with Gasteiger partial charge in [-0.25, -0.2) is 4.79 Å². The average molecular weight is 343 g/mol. The van der Waals surface area contributed by atoms with E-state index in [0.717, 1.165) is 35.7 Å². The number of hydrogen-bond donors (Lipinski definition) is 0. The number of amides is 1. The summed E-state index contributed by atoms with van der Waals surface area (Å²) >= 11 is 1.56. The Bertz CT molecular complexity index is 732. The van der Waals surface area contributed by atoms with E-state index in [1.54, 1.807) is 16.2 Å². The van der Waals surface area contributed by atoms with Gasteiger partial charge in [-0.3, -0.25) is 4.79 Å². The molecule has 2 aromatic rings. The van der Waals surface area contributed by atoms with Gasteiger partial charge in [-0.05, 0) is 32.8 Å². The molecular weight excluding hydrogens is 322 g/mol. The van der Waals surface area contributed by atoms with Gasteiger partial charge in [0.25, 0.3) is 5.91 Å². The summed E-state index contributed by atoms with van der Waals surface area (Å²) in [7, 11) is 0. The van der Waals surface area contributed by atoms with Crippen molar-refractivity contribution < 1.29 is 14.3 Å². The minimum Gasteiger partial charge on any atom is -0.444 e. The normalized spacial score (nSPS) is 15.3. The standard InChI is InChI=1S/C19H21NO3S/c1-13-12-16(14(2)24-13)19(22)23-17(15-8-4-3-5-9-15)18(21)20-10-6-7-11-20/h3-5,8-9,12,17H,6-7,10-11H2,1-2H3/t17-/m1/s1. The summed E-state index contributed by atoms with van der Waals surface area (Å²) in [6.07, 6.45) is 1.13. The van der Waals surface area contributed by atoms with Crippen LogP contribution in [0.2, 0.25) is 0 Å². The second kappa shape index (κ2) is 7.18. The predicted octanol–water partition coefficient (Wildman–Crippen LogP) is 3.89. The summed E-state index contributed by atoms with van der Waals surface area (Å²) in [4.78, 5) is 29.2. The highest BCUT2D eigenvalue weighted by Gasteiger charge is 2.31. The molecule has 2 heterocycles. The van der Waals surface area contributed by atoms with Crippen molar-refractivity contribution in [3.8, 4) is 0 Å². The van der Waals surface area contributed by atoms with Crippen molar-refractivity contribution in [2.24, 2.45) is 0 Å². The Morgan fingerprint density at radius 3 is 2.38 bits per heavy atom. The van der Waals surface area contributed by atoms with Crippen molar-refractivity contribution in [2.45, 2.75) is 32.8 Å². The summed E-state index contributed by atoms with van der Waals surface area (Å²) in [6, 6.07) is 11.1. The van der Waals surface area contributed by atoms with Crippen LogP contribution in [0.3, 0.4) is 0 Å². The number of aryl methyl sites for hydroxylation is 2. The van der Waals surface area contributed by atoms with Crippen molar-refractivity contribution >= 4 is 23.2 Å². The maximum atomic E-state index is 12.9. The second-order valence-corrected chi connectivity index (χ2v) is 7.52. The molecule has 1 aromatic heterocycles. The van der Waals surface area contributed by atoms with E-state index in [9.17, 15) is 9.59 Å². The van der Waals surface area contributed by atoms with Crippen LogP contribution in [-0.2, 0) is 9.53 Å². The molecule has 1 aromatic carbocycles. The van der Waals surface area contributed by atoms with Crippen LogP contribution in [0.5, 0.6) is 0 Å². The zero-order valence-electron chi connectivity index (χ0n) is 14.0. The molecule has 1 aliphatic heterocycles. The van der Waals surface area contributed by atoms with Crippen LogP contribution in [0.1, 0.15) is 44.6 Å². The first kappa shape index (κ1) is 16.7. The van der Waals surface area contributed by atoms with Crippen LogP contribution in [0, 0.1) is 13.8 Å². The highest BCUT2D eigenvalue weighted by Crippen LogP contribution is 2.27. The zero-order valence-corrected chi connectivity index (χ0v) is 14.8. The summed E-state index contributed by atoms with van der Waals surface area (Å²) < 4.78 is 5.67. The molecule has 1 saturated heterocycles. The summed E-state index contributed by atoms with van der Waals surface area (Å²) in [5, 5.41) is 0. The third-order valence-electron chi connectivity index (χ3n) is 4.23. The van der Waals surface area contributed by atoms with E-state index in [0.29, 0.717) is 11.1 Å². The number of likely N-dealkylation sites (tertiary alicyclic amines) is 1. The molecule has 0 bridgehead atoms. The van der Waals surface area contributed by atoms with Gasteiger partial charge in [0.15, 0.2) is 0 Å². The number of ether oxygens (including phenoxy) is 1. The molecule has 0 saturated carbocycles. The van der Waals surface area contributed by atoms with Gasteiger partial charge < -0.3 is 9.64 Å². The Balaban J connectivity index is 1.86.